The van der Waals surface area contributed by atoms with E-state index in [-0.39, 0.29) is 59.6 Å². The smallest absolute Gasteiger partial charge is 1.00 e. The average molecular weight is 250 g/mol. The third-order valence-corrected chi connectivity index (χ3v) is 0.728. The van der Waals surface area contributed by atoms with E-state index in [2.05, 4.69) is 0 Å². The van der Waals surface area contributed by atoms with Crippen molar-refractivity contribution in [3.63, 3.8) is 0 Å². The number of carbonyl (C=O) groups is 1. The molecule has 0 atom stereocenters. The molecule has 0 saturated carbocycles. The molecule has 0 saturated heterocycles. The van der Waals surface area contributed by atoms with Gasteiger partial charge in [-0.25, -0.2) is 4.79 Å². The van der Waals surface area contributed by atoms with E-state index in [0.29, 0.717) is 0 Å². The molecule has 0 aromatic heterocycles. The van der Waals surface area contributed by atoms with Crippen LogP contribution >= 0.6 is 34.8 Å². The van der Waals surface area contributed by atoms with Crippen LogP contribution in [0.2, 0.25) is 0 Å². The Morgan fingerprint density at radius 3 is 1.62 bits per heavy atom. The number of carboxylic acids is 1. The van der Waals surface area contributed by atoms with E-state index < -0.39 is 9.76 Å². The standard InChI is InChI=1S/C2HCl3O2.Rb.H/c3-2(4,5)1(6)7;;/h(H,6,7);;/q;+1;-1. The summed E-state index contributed by atoms with van der Waals surface area (Å²) >= 11 is 14.4. The van der Waals surface area contributed by atoms with Crippen molar-refractivity contribution in [3.05, 3.63) is 0 Å². The van der Waals surface area contributed by atoms with Crippen molar-refractivity contribution in [3.8, 4) is 0 Å². The molecule has 0 aromatic carbocycles. The van der Waals surface area contributed by atoms with Crippen LogP contribution in [0.4, 0.5) is 0 Å². The Kier molecular flexibility index (Phi) is 7.81. The minimum atomic E-state index is -2.17. The number of hydrogen-bond donors (Lipinski definition) is 1. The molecule has 44 valence electrons. The maximum Gasteiger partial charge on any atom is 1.00 e. The van der Waals surface area contributed by atoms with Crippen molar-refractivity contribution in [2.45, 2.75) is 3.79 Å². The summed E-state index contributed by atoms with van der Waals surface area (Å²) in [5.74, 6) is -1.46. The Bertz CT molecular complexity index is 92.3. The molecule has 0 aliphatic heterocycles. The molecule has 1 N–H and O–H groups in total. The maximum atomic E-state index is 9.62. The van der Waals surface area contributed by atoms with Gasteiger partial charge >= 0.3 is 64.2 Å². The topological polar surface area (TPSA) is 37.3 Å². The predicted octanol–water partition coefficient (Wildman–Crippen LogP) is -1.44. The Balaban J connectivity index is -0.000000180. The van der Waals surface area contributed by atoms with Crippen molar-refractivity contribution in [2.24, 2.45) is 0 Å². The van der Waals surface area contributed by atoms with Crippen molar-refractivity contribution in [1.29, 1.82) is 0 Å². The molecule has 0 aromatic rings. The van der Waals surface area contributed by atoms with Gasteiger partial charge in [0.2, 0.25) is 0 Å². The van der Waals surface area contributed by atoms with Crippen molar-refractivity contribution >= 4 is 40.8 Å². The van der Waals surface area contributed by atoms with Crippen LogP contribution in [0.15, 0.2) is 0 Å². The molecule has 8 heavy (non-hydrogen) atoms. The molecule has 0 bridgehead atoms. The van der Waals surface area contributed by atoms with Crippen molar-refractivity contribution < 1.29 is 69.5 Å². The Hall–Kier alpha value is 2.15. The minimum absolute atomic E-state index is 0. The van der Waals surface area contributed by atoms with Crippen LogP contribution in [0.25, 0.3) is 0 Å². The van der Waals surface area contributed by atoms with Gasteiger partial charge in [-0.3, -0.25) is 0 Å². The average Bonchev–Trinajstić information content (AvgIpc) is 1.31. The second kappa shape index (κ2) is 4.88. The van der Waals surface area contributed by atoms with Crippen LogP contribution in [-0.2, 0) is 4.79 Å². The van der Waals surface area contributed by atoms with Crippen LogP contribution in [0.5, 0.6) is 0 Å². The van der Waals surface area contributed by atoms with Gasteiger partial charge < -0.3 is 6.53 Å². The Labute approximate surface area is 112 Å². The van der Waals surface area contributed by atoms with Gasteiger partial charge in [0.1, 0.15) is 0 Å². The normalized spacial score (nSPS) is 9.88. The van der Waals surface area contributed by atoms with Gasteiger partial charge in [0, 0.05) is 0 Å². The van der Waals surface area contributed by atoms with E-state index in [1.807, 2.05) is 0 Å². The molecule has 0 radical (unpaired) electrons. The second-order valence-electron chi connectivity index (χ2n) is 0.803. The Morgan fingerprint density at radius 1 is 1.50 bits per heavy atom. The monoisotopic (exact) mass is 248 g/mol. The molecular weight excluding hydrogens is 248 g/mol. The predicted molar refractivity (Wildman–Crippen MR) is 29.0 cm³/mol. The zero-order chi connectivity index (χ0) is 6.08. The first-order valence-electron chi connectivity index (χ1n) is 1.24. The molecule has 0 heterocycles. The number of carboxylic acid groups (broad SMARTS) is 1. The van der Waals surface area contributed by atoms with Gasteiger partial charge in [0.15, 0.2) is 0 Å². The van der Waals surface area contributed by atoms with Gasteiger partial charge in [-0.05, 0) is 0 Å². The van der Waals surface area contributed by atoms with Crippen LogP contribution in [0.3, 0.4) is 0 Å². The van der Waals surface area contributed by atoms with E-state index in [1.54, 1.807) is 0 Å². The van der Waals surface area contributed by atoms with E-state index in [4.69, 9.17) is 39.9 Å². The molecule has 0 aliphatic carbocycles. The largest absolute Gasteiger partial charge is 1.00 e. The summed E-state index contributed by atoms with van der Waals surface area (Å²) < 4.78 is -2.17. The summed E-state index contributed by atoms with van der Waals surface area (Å²) in [7, 11) is 0. The van der Waals surface area contributed by atoms with Gasteiger partial charge in [0.25, 0.3) is 3.79 Å². The quantitative estimate of drug-likeness (QED) is 0.534. The maximum absolute atomic E-state index is 9.62. The summed E-state index contributed by atoms with van der Waals surface area (Å²) in [6.45, 7) is 0. The fourth-order valence-electron chi connectivity index (χ4n) is 0. The number of rotatable bonds is 0. The summed E-state index contributed by atoms with van der Waals surface area (Å²) in [6.07, 6.45) is 0. The van der Waals surface area contributed by atoms with Gasteiger partial charge in [-0.2, -0.15) is 0 Å². The summed E-state index contributed by atoms with van der Waals surface area (Å²) in [6, 6.07) is 0. The minimum Gasteiger partial charge on any atom is -1.00 e. The molecule has 0 fully saturated rings. The van der Waals surface area contributed by atoms with Crippen LogP contribution in [0, 0.1) is 0 Å². The molecule has 0 unspecified atom stereocenters. The van der Waals surface area contributed by atoms with Crippen molar-refractivity contribution in [2.75, 3.05) is 0 Å². The first-order chi connectivity index (χ1) is 2.94. The summed E-state index contributed by atoms with van der Waals surface area (Å²) in [5.41, 5.74) is 0. The van der Waals surface area contributed by atoms with E-state index in [9.17, 15) is 4.79 Å². The number of alkyl halides is 3. The molecule has 2 nitrogen and oxygen atoms in total. The first-order valence-corrected chi connectivity index (χ1v) is 2.38. The molecule has 0 amide bonds. The van der Waals surface area contributed by atoms with Gasteiger partial charge in [0.05, 0.1) is 0 Å². The molecule has 0 rings (SSSR count). The zero-order valence-corrected chi connectivity index (χ0v) is 11.2. The van der Waals surface area contributed by atoms with Crippen LogP contribution < -0.4 is 58.2 Å². The zero-order valence-electron chi connectivity index (χ0n) is 4.99. The van der Waals surface area contributed by atoms with E-state index in [0.717, 1.165) is 0 Å². The number of aliphatic carboxylic acids is 1. The fraction of sp³-hybridized carbons (Fsp3) is 0.500. The third kappa shape index (κ3) is 6.27. The second-order valence-corrected chi connectivity index (χ2v) is 3.08. The van der Waals surface area contributed by atoms with Crippen molar-refractivity contribution in [1.82, 2.24) is 0 Å². The summed E-state index contributed by atoms with van der Waals surface area (Å²) in [4.78, 5) is 9.62. The van der Waals surface area contributed by atoms with Gasteiger partial charge in [-0.15, -0.1) is 0 Å². The van der Waals surface area contributed by atoms with Crippen LogP contribution in [-0.4, -0.2) is 14.9 Å². The van der Waals surface area contributed by atoms with Gasteiger partial charge in [-0.1, -0.05) is 34.8 Å². The fourth-order valence-corrected chi connectivity index (χ4v) is 0. The molecule has 0 spiro atoms. The van der Waals surface area contributed by atoms with E-state index in [1.165, 1.54) is 0 Å². The number of hydrogen-bond acceptors (Lipinski definition) is 1. The molecular formula is C2H2Cl3O2Rb. The Morgan fingerprint density at radius 2 is 1.62 bits per heavy atom. The molecule has 6 heteroatoms. The first kappa shape index (κ1) is 12.8. The SMILES string of the molecule is O=C(O)C(Cl)(Cl)Cl.[H-].[Rb+]. The summed E-state index contributed by atoms with van der Waals surface area (Å²) in [5, 5.41) is 7.85. The number of halogens is 3. The molecule has 0 aliphatic rings. The third-order valence-electron chi connectivity index (χ3n) is 0.243. The van der Waals surface area contributed by atoms with E-state index >= 15 is 0 Å². The van der Waals surface area contributed by atoms with Crippen LogP contribution in [0.1, 0.15) is 1.43 Å².